The van der Waals surface area contributed by atoms with Gasteiger partial charge >= 0.3 is 6.03 Å². The highest BCUT2D eigenvalue weighted by atomic mass is 16.5. The fourth-order valence-electron chi connectivity index (χ4n) is 2.30. The molecule has 0 spiro atoms. The molecule has 0 aromatic carbocycles. The van der Waals surface area contributed by atoms with E-state index in [1.807, 2.05) is 24.4 Å². The monoisotopic (exact) mass is 278 g/mol. The zero-order valence-electron chi connectivity index (χ0n) is 11.8. The number of anilines is 1. The summed E-state index contributed by atoms with van der Waals surface area (Å²) in [6.07, 6.45) is 3.69. The number of urea groups is 1. The van der Waals surface area contributed by atoms with E-state index in [1.165, 1.54) is 0 Å². The molecule has 0 saturated carbocycles. The van der Waals surface area contributed by atoms with Crippen molar-refractivity contribution in [3.8, 4) is 0 Å². The third kappa shape index (κ3) is 4.38. The highest BCUT2D eigenvalue weighted by Crippen LogP contribution is 2.16. The van der Waals surface area contributed by atoms with Crippen LogP contribution in [0.25, 0.3) is 0 Å². The number of pyridine rings is 1. The summed E-state index contributed by atoms with van der Waals surface area (Å²) in [5, 5.41) is 5.77. The zero-order valence-corrected chi connectivity index (χ0v) is 11.8. The smallest absolute Gasteiger partial charge is 0.315 e. The molecule has 2 amide bonds. The van der Waals surface area contributed by atoms with E-state index >= 15 is 0 Å². The van der Waals surface area contributed by atoms with Gasteiger partial charge in [0.15, 0.2) is 0 Å². The molecule has 6 heteroatoms. The van der Waals surface area contributed by atoms with Gasteiger partial charge in [-0.15, -0.1) is 0 Å². The van der Waals surface area contributed by atoms with Gasteiger partial charge in [-0.2, -0.15) is 0 Å². The molecule has 20 heavy (non-hydrogen) atoms. The second-order valence-corrected chi connectivity index (χ2v) is 4.84. The van der Waals surface area contributed by atoms with Crippen molar-refractivity contribution >= 4 is 11.8 Å². The lowest BCUT2D eigenvalue weighted by Gasteiger charge is -2.33. The second-order valence-electron chi connectivity index (χ2n) is 4.84. The molecule has 6 nitrogen and oxygen atoms in total. The van der Waals surface area contributed by atoms with Crippen LogP contribution in [0.4, 0.5) is 10.6 Å². The predicted octanol–water partition coefficient (Wildman–Crippen LogP) is 0.996. The molecule has 0 bridgehead atoms. The van der Waals surface area contributed by atoms with Crippen molar-refractivity contribution in [1.29, 1.82) is 0 Å². The fraction of sp³-hybridized carbons (Fsp3) is 0.571. The van der Waals surface area contributed by atoms with Crippen molar-refractivity contribution in [2.45, 2.75) is 18.9 Å². The minimum Gasteiger partial charge on any atom is -0.383 e. The Balaban J connectivity index is 1.70. The van der Waals surface area contributed by atoms with E-state index in [-0.39, 0.29) is 12.1 Å². The Morgan fingerprint density at radius 3 is 2.90 bits per heavy atom. The first-order valence-corrected chi connectivity index (χ1v) is 6.99. The summed E-state index contributed by atoms with van der Waals surface area (Å²) in [5.41, 5.74) is 0. The molecule has 2 N–H and O–H groups in total. The minimum absolute atomic E-state index is 0.113. The lowest BCUT2D eigenvalue weighted by atomic mass is 10.1. The molecule has 1 fully saturated rings. The summed E-state index contributed by atoms with van der Waals surface area (Å²) in [6, 6.07) is 6.05. The van der Waals surface area contributed by atoms with E-state index in [0.29, 0.717) is 13.2 Å². The van der Waals surface area contributed by atoms with Crippen molar-refractivity contribution in [1.82, 2.24) is 15.6 Å². The van der Waals surface area contributed by atoms with Crippen LogP contribution in [0.5, 0.6) is 0 Å². The van der Waals surface area contributed by atoms with Crippen LogP contribution in [0.1, 0.15) is 12.8 Å². The van der Waals surface area contributed by atoms with Gasteiger partial charge in [0.25, 0.3) is 0 Å². The van der Waals surface area contributed by atoms with Crippen molar-refractivity contribution < 1.29 is 9.53 Å². The van der Waals surface area contributed by atoms with Crippen LogP contribution in [0.15, 0.2) is 24.4 Å². The van der Waals surface area contributed by atoms with Crippen molar-refractivity contribution in [3.05, 3.63) is 24.4 Å². The van der Waals surface area contributed by atoms with Crippen LogP contribution < -0.4 is 15.5 Å². The summed E-state index contributed by atoms with van der Waals surface area (Å²) in [6.45, 7) is 2.90. The first-order chi connectivity index (χ1) is 9.79. The van der Waals surface area contributed by atoms with Crippen molar-refractivity contribution in [2.24, 2.45) is 0 Å². The molecule has 0 unspecified atom stereocenters. The summed E-state index contributed by atoms with van der Waals surface area (Å²) in [7, 11) is 1.62. The van der Waals surface area contributed by atoms with Gasteiger partial charge in [-0.1, -0.05) is 6.07 Å². The Labute approximate surface area is 119 Å². The first-order valence-electron chi connectivity index (χ1n) is 6.99. The number of methoxy groups -OCH3 is 1. The van der Waals surface area contributed by atoms with Crippen LogP contribution in [-0.2, 0) is 4.74 Å². The Kier molecular flexibility index (Phi) is 5.61. The summed E-state index contributed by atoms with van der Waals surface area (Å²) in [5.74, 6) is 1.01. The Morgan fingerprint density at radius 2 is 2.25 bits per heavy atom. The molecule has 1 aliphatic heterocycles. The first kappa shape index (κ1) is 14.6. The number of carbonyl (C=O) groups is 1. The maximum Gasteiger partial charge on any atom is 0.315 e. The standard InChI is InChI=1S/C14H22N4O2/c1-20-11-8-16-14(19)17-12-5-9-18(10-6-12)13-4-2-3-7-15-13/h2-4,7,12H,5-6,8-11H2,1H3,(H2,16,17,19). The maximum absolute atomic E-state index is 11.6. The largest absolute Gasteiger partial charge is 0.383 e. The maximum atomic E-state index is 11.6. The highest BCUT2D eigenvalue weighted by Gasteiger charge is 2.21. The van der Waals surface area contributed by atoms with Gasteiger partial charge in [0.05, 0.1) is 6.61 Å². The number of hydrogen-bond acceptors (Lipinski definition) is 4. The quantitative estimate of drug-likeness (QED) is 0.789. The van der Waals surface area contributed by atoms with Gasteiger partial charge < -0.3 is 20.3 Å². The van der Waals surface area contributed by atoms with E-state index < -0.39 is 0 Å². The van der Waals surface area contributed by atoms with E-state index in [9.17, 15) is 4.79 Å². The Morgan fingerprint density at radius 1 is 1.45 bits per heavy atom. The molecule has 2 rings (SSSR count). The molecule has 0 radical (unpaired) electrons. The van der Waals surface area contributed by atoms with Crippen LogP contribution >= 0.6 is 0 Å². The number of ether oxygens (including phenoxy) is 1. The number of piperidine rings is 1. The van der Waals surface area contributed by atoms with Gasteiger partial charge in [-0.05, 0) is 25.0 Å². The number of nitrogens with zero attached hydrogens (tertiary/aromatic N) is 2. The third-order valence-electron chi connectivity index (χ3n) is 3.40. The van der Waals surface area contributed by atoms with Crippen molar-refractivity contribution in [2.75, 3.05) is 38.3 Å². The number of hydrogen-bond donors (Lipinski definition) is 2. The molecule has 1 aliphatic rings. The predicted molar refractivity (Wildman–Crippen MR) is 77.9 cm³/mol. The average Bonchev–Trinajstić information content (AvgIpc) is 2.49. The topological polar surface area (TPSA) is 66.5 Å². The van der Waals surface area contributed by atoms with Gasteiger partial charge in [0.2, 0.25) is 0 Å². The number of aromatic nitrogens is 1. The van der Waals surface area contributed by atoms with Gasteiger partial charge in [0.1, 0.15) is 5.82 Å². The van der Waals surface area contributed by atoms with E-state index in [4.69, 9.17) is 4.74 Å². The minimum atomic E-state index is -0.113. The van der Waals surface area contributed by atoms with E-state index in [2.05, 4.69) is 20.5 Å². The van der Waals surface area contributed by atoms with E-state index in [0.717, 1.165) is 31.7 Å². The third-order valence-corrected chi connectivity index (χ3v) is 3.40. The van der Waals surface area contributed by atoms with Crippen LogP contribution in [0, 0.1) is 0 Å². The van der Waals surface area contributed by atoms with Crippen LogP contribution in [-0.4, -0.2) is 50.4 Å². The average molecular weight is 278 g/mol. The molecule has 110 valence electrons. The molecule has 2 heterocycles. The number of carbonyl (C=O) groups excluding carboxylic acids is 1. The molecular formula is C14H22N4O2. The molecular weight excluding hydrogens is 256 g/mol. The van der Waals surface area contributed by atoms with Gasteiger partial charge in [-0.3, -0.25) is 0 Å². The Bertz CT molecular complexity index is 405. The highest BCUT2D eigenvalue weighted by molar-refractivity contribution is 5.74. The van der Waals surface area contributed by atoms with Gasteiger partial charge in [0, 0.05) is 39.0 Å². The van der Waals surface area contributed by atoms with Crippen LogP contribution in [0.2, 0.25) is 0 Å². The molecule has 1 aromatic rings. The summed E-state index contributed by atoms with van der Waals surface area (Å²) < 4.78 is 4.89. The van der Waals surface area contributed by atoms with Gasteiger partial charge in [-0.25, -0.2) is 9.78 Å². The van der Waals surface area contributed by atoms with Crippen LogP contribution in [0.3, 0.4) is 0 Å². The lowest BCUT2D eigenvalue weighted by molar-refractivity contribution is 0.194. The SMILES string of the molecule is COCCNC(=O)NC1CCN(c2ccccn2)CC1. The number of nitrogens with one attached hydrogen (secondary N) is 2. The van der Waals surface area contributed by atoms with E-state index in [1.54, 1.807) is 7.11 Å². The summed E-state index contributed by atoms with van der Waals surface area (Å²) >= 11 is 0. The molecule has 1 aromatic heterocycles. The molecule has 1 saturated heterocycles. The number of rotatable bonds is 5. The lowest BCUT2D eigenvalue weighted by Crippen LogP contribution is -2.48. The molecule has 0 aliphatic carbocycles. The van der Waals surface area contributed by atoms with Crippen molar-refractivity contribution in [3.63, 3.8) is 0 Å². The summed E-state index contributed by atoms with van der Waals surface area (Å²) in [4.78, 5) is 18.2. The Hall–Kier alpha value is -1.82. The fourth-order valence-corrected chi connectivity index (χ4v) is 2.30. The number of amides is 2. The normalized spacial score (nSPS) is 15.9. The molecule has 0 atom stereocenters. The zero-order chi connectivity index (χ0) is 14.2. The second kappa shape index (κ2) is 7.69.